The normalized spacial score (nSPS) is 25.2. The Kier molecular flexibility index (Phi) is 7.31. The number of aryl methyl sites for hydroxylation is 1. The summed E-state index contributed by atoms with van der Waals surface area (Å²) in [5.74, 6) is 1.48. The number of rotatable bonds is 9. The SMILES string of the molecule is CNC(C)CCc1c(O)ccc2c1nc(C(C)CN=CC(Cl)=CN)n2C1CC2(CCNC2)C1. The van der Waals surface area contributed by atoms with E-state index >= 15 is 0 Å². The number of hydrogen-bond acceptors (Lipinski definition) is 6. The van der Waals surface area contributed by atoms with Gasteiger partial charge in [-0.15, -0.1) is 0 Å². The van der Waals surface area contributed by atoms with E-state index in [-0.39, 0.29) is 5.92 Å². The number of nitrogens with zero attached hydrogens (tertiary/aromatic N) is 3. The lowest BCUT2D eigenvalue weighted by molar-refractivity contribution is 0.0841. The van der Waals surface area contributed by atoms with Crippen LogP contribution in [0.15, 0.2) is 28.4 Å². The zero-order chi connectivity index (χ0) is 23.6. The Morgan fingerprint density at radius 2 is 2.24 bits per heavy atom. The van der Waals surface area contributed by atoms with Crippen molar-refractivity contribution >= 4 is 28.8 Å². The van der Waals surface area contributed by atoms with Crippen LogP contribution in [0.5, 0.6) is 5.75 Å². The van der Waals surface area contributed by atoms with E-state index in [9.17, 15) is 5.11 Å². The highest BCUT2D eigenvalue weighted by atomic mass is 35.5. The molecule has 2 atom stereocenters. The van der Waals surface area contributed by atoms with Crippen LogP contribution in [0.2, 0.25) is 0 Å². The number of benzene rings is 1. The summed E-state index contributed by atoms with van der Waals surface area (Å²) in [7, 11) is 1.97. The van der Waals surface area contributed by atoms with Crippen molar-refractivity contribution in [1.82, 2.24) is 20.2 Å². The van der Waals surface area contributed by atoms with E-state index < -0.39 is 0 Å². The molecule has 1 aromatic heterocycles. The van der Waals surface area contributed by atoms with Crippen LogP contribution < -0.4 is 16.4 Å². The molecule has 4 rings (SSSR count). The second-order valence-corrected chi connectivity index (χ2v) is 10.4. The predicted octanol–water partition coefficient (Wildman–Crippen LogP) is 3.81. The van der Waals surface area contributed by atoms with Crippen LogP contribution in [0.4, 0.5) is 0 Å². The summed E-state index contributed by atoms with van der Waals surface area (Å²) < 4.78 is 2.43. The van der Waals surface area contributed by atoms with Gasteiger partial charge in [-0.05, 0) is 70.2 Å². The molecule has 180 valence electrons. The van der Waals surface area contributed by atoms with Crippen LogP contribution in [-0.4, -0.2) is 53.6 Å². The summed E-state index contributed by atoms with van der Waals surface area (Å²) in [5, 5.41) is 18.0. The molecule has 2 aliphatic rings. The van der Waals surface area contributed by atoms with E-state index in [1.807, 2.05) is 19.2 Å². The number of fused-ring (bicyclic) bond motifs is 1. The zero-order valence-corrected chi connectivity index (χ0v) is 20.7. The van der Waals surface area contributed by atoms with E-state index in [4.69, 9.17) is 22.3 Å². The molecule has 8 heteroatoms. The molecule has 1 aromatic carbocycles. The molecule has 5 N–H and O–H groups in total. The number of aliphatic imine (C=N–C) groups is 1. The Morgan fingerprint density at radius 1 is 1.45 bits per heavy atom. The number of aromatic nitrogens is 2. The molecule has 1 aliphatic carbocycles. The highest BCUT2D eigenvalue weighted by Gasteiger charge is 2.47. The van der Waals surface area contributed by atoms with Crippen molar-refractivity contribution in [2.75, 3.05) is 26.7 Å². The molecule has 2 unspecified atom stereocenters. The summed E-state index contributed by atoms with van der Waals surface area (Å²) in [6.45, 7) is 7.12. The molecule has 0 amide bonds. The zero-order valence-electron chi connectivity index (χ0n) is 19.9. The quantitative estimate of drug-likeness (QED) is 0.416. The molecule has 1 saturated heterocycles. The number of nitrogens with two attached hydrogens (primary N) is 1. The van der Waals surface area contributed by atoms with Crippen LogP contribution >= 0.6 is 11.6 Å². The highest BCUT2D eigenvalue weighted by molar-refractivity contribution is 6.39. The van der Waals surface area contributed by atoms with Gasteiger partial charge in [-0.25, -0.2) is 4.98 Å². The van der Waals surface area contributed by atoms with Crippen molar-refractivity contribution in [2.45, 2.75) is 64.0 Å². The molecular formula is C25H37ClN6O. The third-order valence-corrected chi connectivity index (χ3v) is 7.74. The first-order chi connectivity index (χ1) is 15.9. The highest BCUT2D eigenvalue weighted by Crippen LogP contribution is 2.53. The second kappa shape index (κ2) is 10.0. The molecule has 0 bridgehead atoms. The third-order valence-electron chi connectivity index (χ3n) is 7.52. The Bertz CT molecular complexity index is 1030. The topological polar surface area (TPSA) is 100 Å². The number of imidazole rings is 1. The monoisotopic (exact) mass is 472 g/mol. The van der Waals surface area contributed by atoms with Crippen LogP contribution in [0.3, 0.4) is 0 Å². The van der Waals surface area contributed by atoms with Crippen LogP contribution in [0.1, 0.15) is 62.9 Å². The Labute approximate surface area is 201 Å². The van der Waals surface area contributed by atoms with E-state index in [1.54, 1.807) is 6.21 Å². The minimum absolute atomic E-state index is 0.111. The molecule has 33 heavy (non-hydrogen) atoms. The van der Waals surface area contributed by atoms with E-state index in [0.717, 1.165) is 48.4 Å². The summed E-state index contributed by atoms with van der Waals surface area (Å²) in [5.41, 5.74) is 8.87. The number of hydrogen-bond donors (Lipinski definition) is 4. The maximum atomic E-state index is 10.7. The van der Waals surface area contributed by atoms with E-state index in [0.29, 0.717) is 34.8 Å². The lowest BCUT2D eigenvalue weighted by Gasteiger charge is -2.46. The van der Waals surface area contributed by atoms with Gasteiger partial charge in [0.25, 0.3) is 0 Å². The lowest BCUT2D eigenvalue weighted by Crippen LogP contribution is -2.40. The van der Waals surface area contributed by atoms with Gasteiger partial charge in [0.15, 0.2) is 0 Å². The Morgan fingerprint density at radius 3 is 2.91 bits per heavy atom. The van der Waals surface area contributed by atoms with Gasteiger partial charge in [0.05, 0.1) is 16.1 Å². The number of aromatic hydroxyl groups is 1. The molecule has 2 fully saturated rings. The molecular weight excluding hydrogens is 436 g/mol. The molecule has 2 heterocycles. The first-order valence-electron chi connectivity index (χ1n) is 12.1. The molecule has 1 spiro atoms. The standard InChI is InChI=1S/C25H37ClN6O/c1-16(13-30-14-18(26)12-27)24-31-23-20(5-4-17(2)28-3)22(33)7-6-21(23)32(24)19-10-25(11-19)8-9-29-15-25/h6-7,12,14,16-17,19,28-29,33H,4-5,8-11,13,15,27H2,1-3H3. The average molecular weight is 473 g/mol. The predicted molar refractivity (Wildman–Crippen MR) is 136 cm³/mol. The second-order valence-electron chi connectivity index (χ2n) is 9.94. The average Bonchev–Trinajstić information content (AvgIpc) is 3.42. The number of phenolic OH excluding ortho intramolecular Hbond substituents is 1. The number of phenols is 1. The van der Waals surface area contributed by atoms with Gasteiger partial charge in [0, 0.05) is 49.1 Å². The summed E-state index contributed by atoms with van der Waals surface area (Å²) >= 11 is 5.98. The van der Waals surface area contributed by atoms with Crippen molar-refractivity contribution in [3.8, 4) is 5.75 Å². The largest absolute Gasteiger partial charge is 0.508 e. The van der Waals surface area contributed by atoms with Crippen molar-refractivity contribution < 1.29 is 5.11 Å². The minimum Gasteiger partial charge on any atom is -0.508 e. The number of halogens is 1. The van der Waals surface area contributed by atoms with E-state index in [1.165, 1.54) is 25.5 Å². The fourth-order valence-corrected chi connectivity index (χ4v) is 5.47. The maximum absolute atomic E-state index is 10.7. The third kappa shape index (κ3) is 4.91. The first kappa shape index (κ1) is 24.0. The molecule has 2 aromatic rings. The Hall–Kier alpha value is -2.09. The number of nitrogens with one attached hydrogen (secondary N) is 2. The van der Waals surface area contributed by atoms with Gasteiger partial charge in [0.2, 0.25) is 0 Å². The molecule has 1 aliphatic heterocycles. The van der Waals surface area contributed by atoms with Crippen LogP contribution in [0, 0.1) is 5.41 Å². The van der Waals surface area contributed by atoms with Gasteiger partial charge >= 0.3 is 0 Å². The molecule has 0 radical (unpaired) electrons. The number of allylic oxidation sites excluding steroid dienone is 1. The maximum Gasteiger partial charge on any atom is 0.121 e. The smallest absolute Gasteiger partial charge is 0.121 e. The van der Waals surface area contributed by atoms with Gasteiger partial charge in [0.1, 0.15) is 11.6 Å². The lowest BCUT2D eigenvalue weighted by atomic mass is 9.64. The summed E-state index contributed by atoms with van der Waals surface area (Å²) in [6.07, 6.45) is 8.26. The van der Waals surface area contributed by atoms with Gasteiger partial charge in [-0.1, -0.05) is 18.5 Å². The minimum atomic E-state index is 0.111. The van der Waals surface area contributed by atoms with Crippen molar-refractivity contribution in [3.63, 3.8) is 0 Å². The fourth-order valence-electron chi connectivity index (χ4n) is 5.40. The van der Waals surface area contributed by atoms with Crippen molar-refractivity contribution in [1.29, 1.82) is 0 Å². The molecule has 7 nitrogen and oxygen atoms in total. The van der Waals surface area contributed by atoms with E-state index in [2.05, 4.69) is 34.0 Å². The fraction of sp³-hybridized carbons (Fsp3) is 0.600. The van der Waals surface area contributed by atoms with Crippen molar-refractivity contribution in [3.05, 3.63) is 34.8 Å². The summed E-state index contributed by atoms with van der Waals surface area (Å²) in [4.78, 5) is 9.62. The molecule has 1 saturated carbocycles. The first-order valence-corrected chi connectivity index (χ1v) is 12.4. The van der Waals surface area contributed by atoms with Gasteiger partial charge in [-0.2, -0.15) is 0 Å². The van der Waals surface area contributed by atoms with Crippen molar-refractivity contribution in [2.24, 2.45) is 16.1 Å². The van der Waals surface area contributed by atoms with Crippen LogP contribution in [-0.2, 0) is 6.42 Å². The van der Waals surface area contributed by atoms with Crippen LogP contribution in [0.25, 0.3) is 11.0 Å². The van der Waals surface area contributed by atoms with Gasteiger partial charge in [-0.3, -0.25) is 4.99 Å². The van der Waals surface area contributed by atoms with Gasteiger partial charge < -0.3 is 26.0 Å². The Balaban J connectivity index is 1.70. The summed E-state index contributed by atoms with van der Waals surface area (Å²) in [6, 6.07) is 4.67.